The van der Waals surface area contributed by atoms with Crippen molar-refractivity contribution in [2.24, 2.45) is 0 Å². The number of nitro groups is 1. The summed E-state index contributed by atoms with van der Waals surface area (Å²) in [5.41, 5.74) is 1.04. The number of benzene rings is 2. The maximum absolute atomic E-state index is 12.2. The van der Waals surface area contributed by atoms with Crippen molar-refractivity contribution in [3.8, 4) is 5.75 Å². The third kappa shape index (κ3) is 5.31. The van der Waals surface area contributed by atoms with Crippen LogP contribution in [0.1, 0.15) is 13.8 Å². The van der Waals surface area contributed by atoms with E-state index in [0.29, 0.717) is 11.4 Å². The summed E-state index contributed by atoms with van der Waals surface area (Å²) in [6.07, 6.45) is -0.850. The van der Waals surface area contributed by atoms with Crippen LogP contribution in [0.25, 0.3) is 0 Å². The van der Waals surface area contributed by atoms with Crippen LogP contribution in [-0.4, -0.2) is 22.8 Å². The summed E-state index contributed by atoms with van der Waals surface area (Å²) in [4.78, 5) is 33.3. The fraction of sp³-hybridized carbons (Fsp3) is 0.176. The van der Waals surface area contributed by atoms with E-state index in [4.69, 9.17) is 4.74 Å². The quantitative estimate of drug-likeness (QED) is 0.619. The first-order valence-electron chi connectivity index (χ1n) is 7.45. The maximum Gasteiger partial charge on any atom is 0.273 e. The number of carbonyl (C=O) groups excluding carboxylic acids is 2. The molecule has 0 fully saturated rings. The van der Waals surface area contributed by atoms with Crippen LogP contribution in [-0.2, 0) is 9.59 Å². The van der Waals surface area contributed by atoms with E-state index in [1.54, 1.807) is 37.3 Å². The summed E-state index contributed by atoms with van der Waals surface area (Å²) in [5, 5.41) is 16.0. The van der Waals surface area contributed by atoms with E-state index in [2.05, 4.69) is 10.6 Å². The standard InChI is InChI=1S/C17H17N3O5/c1-11(25-16-5-3-4-15(10-16)20(23)24)17(22)19-14-8-6-13(7-9-14)18-12(2)21/h3-11H,1-2H3,(H,18,21)(H,19,22)/t11-/m0/s1. The molecule has 0 heterocycles. The smallest absolute Gasteiger partial charge is 0.273 e. The third-order valence-electron chi connectivity index (χ3n) is 3.18. The van der Waals surface area contributed by atoms with E-state index < -0.39 is 16.9 Å². The van der Waals surface area contributed by atoms with Gasteiger partial charge in [-0.05, 0) is 37.3 Å². The van der Waals surface area contributed by atoms with Gasteiger partial charge in [-0.15, -0.1) is 0 Å². The van der Waals surface area contributed by atoms with Gasteiger partial charge in [-0.25, -0.2) is 0 Å². The molecule has 0 saturated carbocycles. The number of hydrogen-bond donors (Lipinski definition) is 2. The Morgan fingerprint density at radius 3 is 2.24 bits per heavy atom. The Balaban J connectivity index is 1.97. The van der Waals surface area contributed by atoms with E-state index >= 15 is 0 Å². The fourth-order valence-corrected chi connectivity index (χ4v) is 2.01. The largest absolute Gasteiger partial charge is 0.481 e. The molecular weight excluding hydrogens is 326 g/mol. The Kier molecular flexibility index (Phi) is 5.67. The van der Waals surface area contributed by atoms with Crippen LogP contribution in [0.2, 0.25) is 0 Å². The highest BCUT2D eigenvalue weighted by atomic mass is 16.6. The number of non-ortho nitro benzene ring substituents is 1. The van der Waals surface area contributed by atoms with Crippen LogP contribution >= 0.6 is 0 Å². The normalized spacial score (nSPS) is 11.3. The lowest BCUT2D eigenvalue weighted by Gasteiger charge is -2.15. The predicted octanol–water partition coefficient (Wildman–Crippen LogP) is 2.96. The molecule has 0 radical (unpaired) electrons. The molecule has 8 heteroatoms. The zero-order chi connectivity index (χ0) is 18.4. The van der Waals surface area contributed by atoms with Crippen molar-refractivity contribution in [1.29, 1.82) is 0 Å². The zero-order valence-corrected chi connectivity index (χ0v) is 13.7. The molecule has 130 valence electrons. The van der Waals surface area contributed by atoms with Gasteiger partial charge in [0.2, 0.25) is 5.91 Å². The first kappa shape index (κ1) is 17.9. The van der Waals surface area contributed by atoms with E-state index in [0.717, 1.165) is 0 Å². The number of amides is 2. The summed E-state index contributed by atoms with van der Waals surface area (Å²) >= 11 is 0. The second-order valence-corrected chi connectivity index (χ2v) is 5.26. The number of carbonyl (C=O) groups is 2. The van der Waals surface area contributed by atoms with E-state index in [1.807, 2.05) is 0 Å². The van der Waals surface area contributed by atoms with Gasteiger partial charge in [0.25, 0.3) is 11.6 Å². The number of nitrogens with one attached hydrogen (secondary N) is 2. The highest BCUT2D eigenvalue weighted by Crippen LogP contribution is 2.20. The minimum absolute atomic E-state index is 0.112. The van der Waals surface area contributed by atoms with Crippen molar-refractivity contribution in [2.45, 2.75) is 20.0 Å². The minimum Gasteiger partial charge on any atom is -0.481 e. The Morgan fingerprint density at radius 1 is 1.08 bits per heavy atom. The maximum atomic E-state index is 12.2. The Bertz CT molecular complexity index is 789. The number of nitrogens with zero attached hydrogens (tertiary/aromatic N) is 1. The van der Waals surface area contributed by atoms with Crippen LogP contribution < -0.4 is 15.4 Å². The Hall–Kier alpha value is -3.42. The zero-order valence-electron chi connectivity index (χ0n) is 13.7. The summed E-state index contributed by atoms with van der Waals surface area (Å²) in [6.45, 7) is 2.95. The lowest BCUT2D eigenvalue weighted by Crippen LogP contribution is -2.30. The molecule has 8 nitrogen and oxygen atoms in total. The molecule has 0 aliphatic carbocycles. The molecule has 1 atom stereocenters. The first-order chi connectivity index (χ1) is 11.8. The van der Waals surface area contributed by atoms with Crippen molar-refractivity contribution in [3.63, 3.8) is 0 Å². The molecule has 2 N–H and O–H groups in total. The molecule has 0 spiro atoms. The molecule has 2 amide bonds. The average Bonchev–Trinajstić information content (AvgIpc) is 2.56. The first-order valence-corrected chi connectivity index (χ1v) is 7.45. The Morgan fingerprint density at radius 2 is 1.68 bits per heavy atom. The van der Waals surface area contributed by atoms with Crippen molar-refractivity contribution < 1.29 is 19.2 Å². The van der Waals surface area contributed by atoms with Gasteiger partial charge in [-0.1, -0.05) is 6.07 Å². The summed E-state index contributed by atoms with van der Waals surface area (Å²) < 4.78 is 5.44. The van der Waals surface area contributed by atoms with Crippen LogP contribution in [0.4, 0.5) is 17.1 Å². The van der Waals surface area contributed by atoms with Gasteiger partial charge in [0.15, 0.2) is 6.10 Å². The van der Waals surface area contributed by atoms with E-state index in [9.17, 15) is 19.7 Å². The number of ether oxygens (including phenoxy) is 1. The van der Waals surface area contributed by atoms with Gasteiger partial charge in [0, 0.05) is 24.4 Å². The lowest BCUT2D eigenvalue weighted by atomic mass is 10.2. The summed E-state index contributed by atoms with van der Waals surface area (Å²) in [7, 11) is 0. The molecule has 25 heavy (non-hydrogen) atoms. The van der Waals surface area contributed by atoms with Crippen LogP contribution in [0.5, 0.6) is 5.75 Å². The third-order valence-corrected chi connectivity index (χ3v) is 3.18. The fourth-order valence-electron chi connectivity index (χ4n) is 2.01. The average molecular weight is 343 g/mol. The van der Waals surface area contributed by atoms with Gasteiger partial charge >= 0.3 is 0 Å². The molecular formula is C17H17N3O5. The van der Waals surface area contributed by atoms with Crippen molar-refractivity contribution in [1.82, 2.24) is 0 Å². The highest BCUT2D eigenvalue weighted by Gasteiger charge is 2.16. The molecule has 2 aromatic carbocycles. The van der Waals surface area contributed by atoms with Gasteiger partial charge in [-0.2, -0.15) is 0 Å². The molecule has 0 unspecified atom stereocenters. The van der Waals surface area contributed by atoms with Crippen molar-refractivity contribution >= 4 is 28.9 Å². The van der Waals surface area contributed by atoms with Crippen LogP contribution in [0, 0.1) is 10.1 Å². The second kappa shape index (κ2) is 7.91. The van der Waals surface area contributed by atoms with E-state index in [-0.39, 0.29) is 17.3 Å². The Labute approximate surface area is 144 Å². The number of rotatable bonds is 6. The van der Waals surface area contributed by atoms with E-state index in [1.165, 1.54) is 25.1 Å². The molecule has 0 aliphatic heterocycles. The van der Waals surface area contributed by atoms with Gasteiger partial charge < -0.3 is 15.4 Å². The monoisotopic (exact) mass is 343 g/mol. The molecule has 2 aromatic rings. The summed E-state index contributed by atoms with van der Waals surface area (Å²) in [5.74, 6) is -0.354. The minimum atomic E-state index is -0.850. The topological polar surface area (TPSA) is 111 Å². The van der Waals surface area contributed by atoms with Gasteiger partial charge in [0.05, 0.1) is 11.0 Å². The molecule has 0 bridgehead atoms. The molecule has 0 aromatic heterocycles. The van der Waals surface area contributed by atoms with Crippen LogP contribution in [0.3, 0.4) is 0 Å². The number of hydrogen-bond acceptors (Lipinski definition) is 5. The summed E-state index contributed by atoms with van der Waals surface area (Å²) in [6, 6.07) is 12.2. The lowest BCUT2D eigenvalue weighted by molar-refractivity contribution is -0.384. The molecule has 0 saturated heterocycles. The van der Waals surface area contributed by atoms with Crippen LogP contribution in [0.15, 0.2) is 48.5 Å². The number of anilines is 2. The number of nitro benzene ring substituents is 1. The highest BCUT2D eigenvalue weighted by molar-refractivity contribution is 5.94. The SMILES string of the molecule is CC(=O)Nc1ccc(NC(=O)[C@H](C)Oc2cccc([N+](=O)[O-])c2)cc1. The second-order valence-electron chi connectivity index (χ2n) is 5.26. The van der Waals surface area contributed by atoms with Gasteiger partial charge in [-0.3, -0.25) is 19.7 Å². The molecule has 2 rings (SSSR count). The molecule has 0 aliphatic rings. The predicted molar refractivity (Wildman–Crippen MR) is 92.6 cm³/mol. The van der Waals surface area contributed by atoms with Crippen molar-refractivity contribution in [3.05, 3.63) is 58.6 Å². The van der Waals surface area contributed by atoms with Crippen molar-refractivity contribution in [2.75, 3.05) is 10.6 Å². The van der Waals surface area contributed by atoms with Gasteiger partial charge in [0.1, 0.15) is 5.75 Å².